The lowest BCUT2D eigenvalue weighted by molar-refractivity contribution is -0.139. The fourth-order valence-corrected chi connectivity index (χ4v) is 4.04. The molecule has 6 nitrogen and oxygen atoms in total. The van der Waals surface area contributed by atoms with E-state index in [0.717, 1.165) is 24.3 Å². The third kappa shape index (κ3) is 5.40. The first-order chi connectivity index (χ1) is 15.7. The number of carbonyl (C=O) groups is 2. The Bertz CT molecular complexity index is 1140. The normalized spacial score (nSPS) is 14.3. The van der Waals surface area contributed by atoms with Crippen molar-refractivity contribution in [3.05, 3.63) is 71.4 Å². The van der Waals surface area contributed by atoms with E-state index in [-0.39, 0.29) is 23.0 Å². The average Bonchev–Trinajstić information content (AvgIpc) is 3.29. The Morgan fingerprint density at radius 1 is 0.939 bits per heavy atom. The summed E-state index contributed by atoms with van der Waals surface area (Å²) in [5.74, 6) is 0.692. The van der Waals surface area contributed by atoms with Gasteiger partial charge in [0.2, 0.25) is 5.91 Å². The summed E-state index contributed by atoms with van der Waals surface area (Å²) in [6, 6.07) is 18.4. The van der Waals surface area contributed by atoms with Gasteiger partial charge in [-0.1, -0.05) is 44.5 Å². The van der Waals surface area contributed by atoms with E-state index in [9.17, 15) is 9.59 Å². The molecule has 0 bridgehead atoms. The minimum Gasteiger partial charge on any atom is -0.451 e. The molecule has 2 heterocycles. The Balaban J connectivity index is 1.35. The first-order valence-electron chi connectivity index (χ1n) is 11.0. The number of carbonyl (C=O) groups excluding carboxylic acids is 2. The molecule has 1 aliphatic rings. The summed E-state index contributed by atoms with van der Waals surface area (Å²) in [5.41, 5.74) is 2.21. The van der Waals surface area contributed by atoms with E-state index in [2.05, 4.69) is 10.2 Å². The average molecular weight is 466 g/mol. The van der Waals surface area contributed by atoms with Gasteiger partial charge in [-0.05, 0) is 48.5 Å². The van der Waals surface area contributed by atoms with Crippen molar-refractivity contribution in [1.29, 1.82) is 0 Å². The molecule has 172 valence electrons. The molecule has 0 radical (unpaired) electrons. The van der Waals surface area contributed by atoms with Gasteiger partial charge in [0, 0.05) is 53.6 Å². The summed E-state index contributed by atoms with van der Waals surface area (Å²) < 4.78 is 5.72. The van der Waals surface area contributed by atoms with Gasteiger partial charge in [-0.3, -0.25) is 9.59 Å². The summed E-state index contributed by atoms with van der Waals surface area (Å²) in [5, 5.41) is 3.48. The number of piperazine rings is 1. The molecule has 3 aromatic rings. The van der Waals surface area contributed by atoms with Crippen LogP contribution in [0.3, 0.4) is 0 Å². The molecule has 0 saturated carbocycles. The topological polar surface area (TPSA) is 65.8 Å². The molecule has 2 aromatic carbocycles. The summed E-state index contributed by atoms with van der Waals surface area (Å²) in [6.07, 6.45) is 0. The minimum absolute atomic E-state index is 0.191. The van der Waals surface area contributed by atoms with Gasteiger partial charge in [0.15, 0.2) is 5.76 Å². The van der Waals surface area contributed by atoms with Crippen LogP contribution in [0.4, 0.5) is 11.4 Å². The Labute approximate surface area is 199 Å². The van der Waals surface area contributed by atoms with Crippen molar-refractivity contribution in [3.63, 3.8) is 0 Å². The van der Waals surface area contributed by atoms with Crippen molar-refractivity contribution < 1.29 is 14.0 Å². The number of nitrogens with one attached hydrogen (secondary N) is 1. The van der Waals surface area contributed by atoms with Gasteiger partial charge in [-0.15, -0.1) is 0 Å². The molecule has 0 unspecified atom stereocenters. The summed E-state index contributed by atoms with van der Waals surface area (Å²) in [4.78, 5) is 29.3. The van der Waals surface area contributed by atoms with Crippen LogP contribution in [0.5, 0.6) is 0 Å². The van der Waals surface area contributed by atoms with Gasteiger partial charge in [0.1, 0.15) is 5.76 Å². The molecule has 1 fully saturated rings. The number of amides is 2. The lowest BCUT2D eigenvalue weighted by Crippen LogP contribution is -2.51. The van der Waals surface area contributed by atoms with Crippen molar-refractivity contribution in [2.75, 3.05) is 36.4 Å². The number of anilines is 2. The highest BCUT2D eigenvalue weighted by Gasteiger charge is 2.29. The molecular formula is C26H28ClN3O3. The molecule has 1 saturated heterocycles. The van der Waals surface area contributed by atoms with Crippen LogP contribution in [0.15, 0.2) is 65.1 Å². The van der Waals surface area contributed by atoms with Gasteiger partial charge in [0.05, 0.1) is 0 Å². The van der Waals surface area contributed by atoms with E-state index in [1.165, 1.54) is 0 Å². The maximum Gasteiger partial charge on any atom is 0.291 e. The molecule has 4 rings (SSSR count). The van der Waals surface area contributed by atoms with Crippen LogP contribution in [-0.2, 0) is 4.79 Å². The first kappa shape index (κ1) is 22.9. The predicted octanol–water partition coefficient (Wildman–Crippen LogP) is 5.55. The van der Waals surface area contributed by atoms with Crippen LogP contribution in [0.2, 0.25) is 5.02 Å². The molecule has 2 amide bonds. The second-order valence-electron chi connectivity index (χ2n) is 9.20. The smallest absolute Gasteiger partial charge is 0.291 e. The lowest BCUT2D eigenvalue weighted by Gasteiger charge is -2.38. The monoisotopic (exact) mass is 465 g/mol. The van der Waals surface area contributed by atoms with E-state index in [4.69, 9.17) is 16.0 Å². The van der Waals surface area contributed by atoms with Crippen molar-refractivity contribution in [1.82, 2.24) is 4.90 Å². The van der Waals surface area contributed by atoms with Crippen LogP contribution >= 0.6 is 11.6 Å². The Hall–Kier alpha value is -3.25. The minimum atomic E-state index is -0.356. The van der Waals surface area contributed by atoms with Gasteiger partial charge in [-0.25, -0.2) is 0 Å². The molecule has 0 aliphatic carbocycles. The zero-order valence-corrected chi connectivity index (χ0v) is 19.9. The fourth-order valence-electron chi connectivity index (χ4n) is 3.85. The predicted molar refractivity (Wildman–Crippen MR) is 132 cm³/mol. The van der Waals surface area contributed by atoms with Crippen molar-refractivity contribution >= 4 is 34.8 Å². The first-order valence-corrected chi connectivity index (χ1v) is 11.4. The third-order valence-corrected chi connectivity index (χ3v) is 5.87. The second kappa shape index (κ2) is 9.32. The quantitative estimate of drug-likeness (QED) is 0.548. The summed E-state index contributed by atoms with van der Waals surface area (Å²) in [7, 11) is 0. The Morgan fingerprint density at radius 3 is 2.27 bits per heavy atom. The van der Waals surface area contributed by atoms with Gasteiger partial charge < -0.3 is 19.5 Å². The van der Waals surface area contributed by atoms with Crippen LogP contribution in [0, 0.1) is 5.41 Å². The van der Waals surface area contributed by atoms with Crippen LogP contribution in [0.1, 0.15) is 31.3 Å². The standard InChI is InChI=1S/C26H28ClN3O3/c1-26(2,3)25(32)30-15-13-29(14-16-30)21-9-7-20(8-10-21)28-24(31)23-12-11-22(33-23)18-5-4-6-19(27)17-18/h4-12,17H,13-16H2,1-3H3,(H,28,31). The molecular weight excluding hydrogens is 438 g/mol. The number of furan rings is 1. The van der Waals surface area contributed by atoms with E-state index >= 15 is 0 Å². The number of rotatable bonds is 4. The maximum atomic E-state index is 12.6. The number of halogens is 1. The zero-order chi connectivity index (χ0) is 23.6. The highest BCUT2D eigenvalue weighted by atomic mass is 35.5. The van der Waals surface area contributed by atoms with E-state index in [0.29, 0.717) is 29.6 Å². The second-order valence-corrected chi connectivity index (χ2v) is 9.64. The molecule has 1 aliphatic heterocycles. The van der Waals surface area contributed by atoms with E-state index < -0.39 is 0 Å². The summed E-state index contributed by atoms with van der Waals surface area (Å²) >= 11 is 6.04. The zero-order valence-electron chi connectivity index (χ0n) is 19.1. The molecule has 0 atom stereocenters. The number of nitrogens with zero attached hydrogens (tertiary/aromatic N) is 2. The van der Waals surface area contributed by atoms with Crippen molar-refractivity contribution in [2.24, 2.45) is 5.41 Å². The van der Waals surface area contributed by atoms with Crippen molar-refractivity contribution in [3.8, 4) is 11.3 Å². The van der Waals surface area contributed by atoms with Gasteiger partial charge in [-0.2, -0.15) is 0 Å². The molecule has 1 N–H and O–H groups in total. The number of benzene rings is 2. The van der Waals surface area contributed by atoms with Gasteiger partial charge >= 0.3 is 0 Å². The highest BCUT2D eigenvalue weighted by Crippen LogP contribution is 2.26. The molecule has 1 aromatic heterocycles. The SMILES string of the molecule is CC(C)(C)C(=O)N1CCN(c2ccc(NC(=O)c3ccc(-c4cccc(Cl)c4)o3)cc2)CC1. The highest BCUT2D eigenvalue weighted by molar-refractivity contribution is 6.30. The third-order valence-electron chi connectivity index (χ3n) is 5.64. The molecule has 0 spiro atoms. The van der Waals surface area contributed by atoms with Crippen LogP contribution in [0.25, 0.3) is 11.3 Å². The maximum absolute atomic E-state index is 12.6. The molecule has 33 heavy (non-hydrogen) atoms. The van der Waals surface area contributed by atoms with Gasteiger partial charge in [0.25, 0.3) is 5.91 Å². The fraction of sp³-hybridized carbons (Fsp3) is 0.308. The van der Waals surface area contributed by atoms with E-state index in [1.54, 1.807) is 24.3 Å². The van der Waals surface area contributed by atoms with Crippen LogP contribution < -0.4 is 10.2 Å². The summed E-state index contributed by atoms with van der Waals surface area (Å²) in [6.45, 7) is 8.85. The van der Waals surface area contributed by atoms with Crippen molar-refractivity contribution in [2.45, 2.75) is 20.8 Å². The Morgan fingerprint density at radius 2 is 1.64 bits per heavy atom. The largest absolute Gasteiger partial charge is 0.451 e. The number of hydrogen-bond donors (Lipinski definition) is 1. The number of hydrogen-bond acceptors (Lipinski definition) is 4. The Kier molecular flexibility index (Phi) is 6.47. The van der Waals surface area contributed by atoms with E-state index in [1.807, 2.05) is 62.1 Å². The lowest BCUT2D eigenvalue weighted by atomic mass is 9.94. The molecule has 7 heteroatoms. The van der Waals surface area contributed by atoms with Crippen LogP contribution in [-0.4, -0.2) is 42.9 Å².